The van der Waals surface area contributed by atoms with Gasteiger partial charge in [0.05, 0.1) is 33.5 Å². The Morgan fingerprint density at radius 1 is 0.515 bits per heavy atom. The third-order valence-electron chi connectivity index (χ3n) is 6.88. The number of nitrogens with zero attached hydrogens (tertiary/aromatic N) is 2. The van der Waals surface area contributed by atoms with E-state index in [0.717, 1.165) is 61.8 Å². The van der Waals surface area contributed by atoms with Crippen LogP contribution < -0.4 is 0 Å². The number of fused-ring (bicyclic) bond motifs is 6. The van der Waals surface area contributed by atoms with E-state index in [4.69, 9.17) is 9.97 Å². The van der Waals surface area contributed by atoms with Crippen molar-refractivity contribution in [3.63, 3.8) is 0 Å². The number of nitrogens with one attached hydrogen (secondary N) is 2. The molecule has 1 aliphatic heterocycles. The number of hydrogen-bond acceptors (Lipinski definition) is 2. The zero-order valence-corrected chi connectivity index (χ0v) is 17.7. The highest BCUT2D eigenvalue weighted by atomic mass is 14.8. The Morgan fingerprint density at radius 2 is 1.00 bits per heavy atom. The molecule has 4 aromatic heterocycles. The van der Waals surface area contributed by atoms with Gasteiger partial charge in [-0.3, -0.25) is 0 Å². The molecular weight excluding hydrogens is 404 g/mol. The molecule has 5 heterocycles. The average molecular weight is 422 g/mol. The lowest BCUT2D eigenvalue weighted by atomic mass is 10.0. The number of pyridine rings is 2. The zero-order valence-electron chi connectivity index (χ0n) is 17.7. The quantitative estimate of drug-likeness (QED) is 0.259. The van der Waals surface area contributed by atoms with Crippen LogP contribution in [0.15, 0.2) is 84.9 Å². The maximum atomic E-state index is 5.15. The van der Waals surface area contributed by atoms with Crippen molar-refractivity contribution in [1.82, 2.24) is 19.9 Å². The van der Waals surface area contributed by atoms with Crippen molar-refractivity contribution in [2.75, 3.05) is 0 Å². The summed E-state index contributed by atoms with van der Waals surface area (Å²) in [6, 6.07) is 30.1. The average Bonchev–Trinajstić information content (AvgIpc) is 3.45. The first-order valence-corrected chi connectivity index (χ1v) is 11.2. The van der Waals surface area contributed by atoms with Gasteiger partial charge in [-0.15, -0.1) is 0 Å². The van der Waals surface area contributed by atoms with Gasteiger partial charge in [-0.2, -0.15) is 0 Å². The lowest BCUT2D eigenvalue weighted by molar-refractivity contribution is 1.07. The largest absolute Gasteiger partial charge is 0.358 e. The fraction of sp³-hybridized carbons (Fsp3) is 0.0345. The molecule has 0 spiro atoms. The van der Waals surface area contributed by atoms with E-state index in [1.54, 1.807) is 0 Å². The standard InChI is InChI=1S/C29H18N4/c1-3-18-13-20-15-21-14-19-4-2-6-23(27(19)31-21)25-12-10-17-8-7-16-9-11-24(22(5-1)26(18)30-20)32-28(16)29(17)33-25/h1-14,30-31H,15H2. The third kappa shape index (κ3) is 2.40. The maximum Gasteiger partial charge on any atom is 0.0972 e. The maximum absolute atomic E-state index is 5.15. The van der Waals surface area contributed by atoms with E-state index in [1.807, 2.05) is 0 Å². The number of H-pyrrole nitrogens is 2. The molecule has 8 bridgehead atoms. The summed E-state index contributed by atoms with van der Waals surface area (Å²) in [5.41, 5.74) is 10.6. The minimum absolute atomic E-state index is 0.807. The molecule has 1 aliphatic rings. The number of aromatic nitrogens is 4. The van der Waals surface area contributed by atoms with Gasteiger partial charge in [-0.1, -0.05) is 60.7 Å². The minimum Gasteiger partial charge on any atom is -0.358 e. The van der Waals surface area contributed by atoms with Crippen LogP contribution in [0.1, 0.15) is 11.4 Å². The highest BCUT2D eigenvalue weighted by Gasteiger charge is 2.15. The molecule has 0 amide bonds. The number of benzene rings is 3. The summed E-state index contributed by atoms with van der Waals surface area (Å²) in [5, 5.41) is 4.60. The van der Waals surface area contributed by atoms with E-state index in [0.29, 0.717) is 0 Å². The Kier molecular flexibility index (Phi) is 3.16. The number of para-hydroxylation sites is 2. The van der Waals surface area contributed by atoms with Crippen molar-refractivity contribution in [2.45, 2.75) is 6.42 Å². The summed E-state index contributed by atoms with van der Waals surface area (Å²) in [6.07, 6.45) is 0.807. The normalized spacial score (nSPS) is 12.7. The summed E-state index contributed by atoms with van der Waals surface area (Å²) >= 11 is 0. The Morgan fingerprint density at radius 3 is 1.52 bits per heavy atom. The minimum atomic E-state index is 0.807. The third-order valence-corrected chi connectivity index (χ3v) is 6.88. The second kappa shape index (κ2) is 6.08. The van der Waals surface area contributed by atoms with Crippen LogP contribution in [0.5, 0.6) is 0 Å². The first-order valence-electron chi connectivity index (χ1n) is 11.2. The lowest BCUT2D eigenvalue weighted by Gasteiger charge is -2.09. The SMILES string of the molecule is c1cc2c3[nH]c(cc3c1)Cc1cc3cccc(c3[nH]1)-c1ccc3ccc4ccc-2nc4c3n1. The van der Waals surface area contributed by atoms with E-state index in [9.17, 15) is 0 Å². The highest BCUT2D eigenvalue weighted by Crippen LogP contribution is 2.34. The summed E-state index contributed by atoms with van der Waals surface area (Å²) in [4.78, 5) is 17.7. The van der Waals surface area contributed by atoms with Crippen LogP contribution in [-0.2, 0) is 6.42 Å². The van der Waals surface area contributed by atoms with Crippen LogP contribution in [0.4, 0.5) is 0 Å². The van der Waals surface area contributed by atoms with Crippen LogP contribution in [0.25, 0.3) is 66.1 Å². The van der Waals surface area contributed by atoms with Gasteiger partial charge in [0, 0.05) is 50.5 Å². The van der Waals surface area contributed by atoms with E-state index in [2.05, 4.69) is 94.9 Å². The van der Waals surface area contributed by atoms with Gasteiger partial charge in [0.25, 0.3) is 0 Å². The summed E-state index contributed by atoms with van der Waals surface area (Å²) in [6.45, 7) is 0. The molecule has 0 unspecified atom stereocenters. The number of aromatic amines is 2. The molecule has 0 radical (unpaired) electrons. The summed E-state index contributed by atoms with van der Waals surface area (Å²) < 4.78 is 0. The van der Waals surface area contributed by atoms with Gasteiger partial charge >= 0.3 is 0 Å². The Hall–Kier alpha value is -4.44. The van der Waals surface area contributed by atoms with Gasteiger partial charge in [-0.25, -0.2) is 9.97 Å². The topological polar surface area (TPSA) is 57.4 Å². The molecule has 3 aromatic carbocycles. The Balaban J connectivity index is 1.57. The Labute approximate surface area is 188 Å². The number of hydrogen-bond donors (Lipinski definition) is 2. The molecule has 0 saturated heterocycles. The van der Waals surface area contributed by atoms with Gasteiger partial charge in [0.2, 0.25) is 0 Å². The molecule has 2 N–H and O–H groups in total. The van der Waals surface area contributed by atoms with Gasteiger partial charge in [0.15, 0.2) is 0 Å². The van der Waals surface area contributed by atoms with E-state index in [-0.39, 0.29) is 0 Å². The van der Waals surface area contributed by atoms with E-state index in [1.165, 1.54) is 22.2 Å². The van der Waals surface area contributed by atoms with Crippen molar-refractivity contribution in [3.05, 3.63) is 96.3 Å². The van der Waals surface area contributed by atoms with Gasteiger partial charge in [-0.05, 0) is 24.3 Å². The fourth-order valence-corrected chi connectivity index (χ4v) is 5.32. The van der Waals surface area contributed by atoms with Crippen molar-refractivity contribution in [3.8, 4) is 22.5 Å². The predicted octanol–water partition coefficient (Wildman–Crippen LogP) is 6.98. The van der Waals surface area contributed by atoms with Crippen LogP contribution in [0.3, 0.4) is 0 Å². The first-order chi connectivity index (χ1) is 16.3. The molecule has 0 atom stereocenters. The smallest absolute Gasteiger partial charge is 0.0972 e. The van der Waals surface area contributed by atoms with E-state index < -0.39 is 0 Å². The van der Waals surface area contributed by atoms with Crippen molar-refractivity contribution < 1.29 is 0 Å². The van der Waals surface area contributed by atoms with Crippen molar-refractivity contribution >= 4 is 43.6 Å². The second-order valence-electron chi connectivity index (χ2n) is 8.91. The van der Waals surface area contributed by atoms with Crippen molar-refractivity contribution in [1.29, 1.82) is 0 Å². The second-order valence-corrected chi connectivity index (χ2v) is 8.91. The lowest BCUT2D eigenvalue weighted by Crippen LogP contribution is -1.92. The molecule has 7 aromatic rings. The molecule has 4 nitrogen and oxygen atoms in total. The molecule has 0 aliphatic carbocycles. The molecular formula is C29H18N4. The number of rotatable bonds is 0. The van der Waals surface area contributed by atoms with Crippen LogP contribution >= 0.6 is 0 Å². The van der Waals surface area contributed by atoms with Crippen LogP contribution in [0, 0.1) is 0 Å². The van der Waals surface area contributed by atoms with Gasteiger partial charge < -0.3 is 9.97 Å². The molecule has 33 heavy (non-hydrogen) atoms. The predicted molar refractivity (Wildman–Crippen MR) is 134 cm³/mol. The van der Waals surface area contributed by atoms with E-state index >= 15 is 0 Å². The molecule has 154 valence electrons. The molecule has 0 saturated carbocycles. The Bertz CT molecular complexity index is 1770. The molecule has 8 rings (SSSR count). The summed E-state index contributed by atoms with van der Waals surface area (Å²) in [7, 11) is 0. The zero-order chi connectivity index (χ0) is 21.5. The molecule has 4 heteroatoms. The van der Waals surface area contributed by atoms with Crippen molar-refractivity contribution in [2.24, 2.45) is 0 Å². The van der Waals surface area contributed by atoms with Crippen LogP contribution in [-0.4, -0.2) is 19.9 Å². The summed E-state index contributed by atoms with van der Waals surface area (Å²) in [5.74, 6) is 0. The fourth-order valence-electron chi connectivity index (χ4n) is 5.32. The first kappa shape index (κ1) is 17.2. The molecule has 0 fully saturated rings. The highest BCUT2D eigenvalue weighted by molar-refractivity contribution is 6.06. The van der Waals surface area contributed by atoms with Crippen LogP contribution in [0.2, 0.25) is 0 Å². The van der Waals surface area contributed by atoms with Gasteiger partial charge in [0.1, 0.15) is 0 Å². The monoisotopic (exact) mass is 422 g/mol.